The first kappa shape index (κ1) is 14.7. The number of fused-ring (bicyclic) bond motifs is 1. The number of piperidine rings is 1. The van der Waals surface area contributed by atoms with Crippen LogP contribution in [0, 0.1) is 5.21 Å². The van der Waals surface area contributed by atoms with Gasteiger partial charge in [-0.1, -0.05) is 42.5 Å². The standard InChI is InChI=1S/C20H24N2O/c23-22-15-18-17(20(22)14-16-8-3-1-4-9-16)10-7-11-19(18)21-12-5-2-6-13-21/h1,3-4,7-11,20,22H,2,5-6,12-15H2. The fraction of sp³-hybridized carbons (Fsp3) is 0.400. The zero-order chi connectivity index (χ0) is 15.6. The molecule has 2 unspecified atom stereocenters. The summed E-state index contributed by atoms with van der Waals surface area (Å²) in [5, 5.41) is 13.0. The number of rotatable bonds is 3. The molecule has 0 saturated carbocycles. The van der Waals surface area contributed by atoms with Crippen LogP contribution in [0.25, 0.3) is 0 Å². The van der Waals surface area contributed by atoms with Crippen LogP contribution in [-0.4, -0.2) is 13.1 Å². The van der Waals surface area contributed by atoms with Crippen LogP contribution in [0.3, 0.4) is 0 Å². The van der Waals surface area contributed by atoms with Crippen LogP contribution in [0.1, 0.15) is 42.0 Å². The van der Waals surface area contributed by atoms with Crippen LogP contribution in [0.15, 0.2) is 48.5 Å². The van der Waals surface area contributed by atoms with Gasteiger partial charge in [0.2, 0.25) is 0 Å². The summed E-state index contributed by atoms with van der Waals surface area (Å²) in [4.78, 5) is 2.49. The van der Waals surface area contributed by atoms with Crippen molar-refractivity contribution in [3.8, 4) is 0 Å². The van der Waals surface area contributed by atoms with Gasteiger partial charge in [0.1, 0.15) is 12.6 Å². The monoisotopic (exact) mass is 308 g/mol. The van der Waals surface area contributed by atoms with Crippen molar-refractivity contribution >= 4 is 5.69 Å². The van der Waals surface area contributed by atoms with Crippen LogP contribution in [0.2, 0.25) is 0 Å². The number of hydroxylamine groups is 2. The Morgan fingerprint density at radius 2 is 1.74 bits per heavy atom. The molecule has 4 rings (SSSR count). The van der Waals surface area contributed by atoms with Gasteiger partial charge in [-0.3, -0.25) is 0 Å². The molecule has 0 bridgehead atoms. The third kappa shape index (κ3) is 2.87. The largest absolute Gasteiger partial charge is 0.634 e. The van der Waals surface area contributed by atoms with E-state index in [1.165, 1.54) is 41.6 Å². The molecular formula is C20H24N2O. The van der Waals surface area contributed by atoms with Gasteiger partial charge in [-0.15, -0.1) is 0 Å². The van der Waals surface area contributed by atoms with Crippen LogP contribution in [0.4, 0.5) is 5.69 Å². The van der Waals surface area contributed by atoms with E-state index in [1.54, 1.807) is 0 Å². The molecule has 3 heteroatoms. The number of quaternary nitrogens is 1. The first-order valence-electron chi connectivity index (χ1n) is 8.76. The second-order valence-electron chi connectivity index (χ2n) is 6.78. The van der Waals surface area contributed by atoms with Crippen molar-refractivity contribution < 1.29 is 5.06 Å². The van der Waals surface area contributed by atoms with E-state index in [-0.39, 0.29) is 6.04 Å². The highest BCUT2D eigenvalue weighted by atomic mass is 16.5. The Morgan fingerprint density at radius 3 is 2.52 bits per heavy atom. The molecule has 0 radical (unpaired) electrons. The molecule has 2 heterocycles. The molecule has 0 spiro atoms. The van der Waals surface area contributed by atoms with Crippen molar-refractivity contribution in [1.82, 2.24) is 0 Å². The van der Waals surface area contributed by atoms with E-state index >= 15 is 0 Å². The molecule has 120 valence electrons. The molecule has 2 aliphatic rings. The Kier molecular flexibility index (Phi) is 4.06. The summed E-state index contributed by atoms with van der Waals surface area (Å²) >= 11 is 0. The van der Waals surface area contributed by atoms with E-state index in [0.717, 1.165) is 19.5 Å². The number of hydrogen-bond acceptors (Lipinski definition) is 2. The van der Waals surface area contributed by atoms with Crippen molar-refractivity contribution in [2.75, 3.05) is 18.0 Å². The highest BCUT2D eigenvalue weighted by Gasteiger charge is 2.32. The predicted octanol–water partition coefficient (Wildman–Crippen LogP) is 2.86. The highest BCUT2D eigenvalue weighted by molar-refractivity contribution is 5.58. The van der Waals surface area contributed by atoms with E-state index in [4.69, 9.17) is 0 Å². The third-order valence-electron chi connectivity index (χ3n) is 5.28. The van der Waals surface area contributed by atoms with Crippen molar-refractivity contribution in [2.45, 2.75) is 38.3 Å². The lowest BCUT2D eigenvalue weighted by Crippen LogP contribution is -3.04. The molecule has 2 aliphatic heterocycles. The first-order valence-corrected chi connectivity index (χ1v) is 8.76. The first-order chi connectivity index (χ1) is 11.3. The van der Waals surface area contributed by atoms with Gasteiger partial charge < -0.3 is 15.2 Å². The van der Waals surface area contributed by atoms with Crippen LogP contribution in [0.5, 0.6) is 0 Å². The van der Waals surface area contributed by atoms with Gasteiger partial charge in [0.25, 0.3) is 0 Å². The number of benzene rings is 2. The topological polar surface area (TPSA) is 30.7 Å². The Balaban J connectivity index is 1.64. The molecule has 2 aromatic carbocycles. The van der Waals surface area contributed by atoms with Gasteiger partial charge in [0.15, 0.2) is 0 Å². The lowest BCUT2D eigenvalue weighted by atomic mass is 9.97. The maximum absolute atomic E-state index is 12.7. The van der Waals surface area contributed by atoms with Crippen molar-refractivity contribution in [2.24, 2.45) is 0 Å². The second-order valence-corrected chi connectivity index (χ2v) is 6.78. The lowest BCUT2D eigenvalue weighted by molar-refractivity contribution is -0.888. The Labute approximate surface area is 138 Å². The van der Waals surface area contributed by atoms with Crippen molar-refractivity contribution in [3.05, 3.63) is 70.4 Å². The molecule has 3 nitrogen and oxygen atoms in total. The number of nitrogens with one attached hydrogen (secondary N) is 1. The van der Waals surface area contributed by atoms with Crippen molar-refractivity contribution in [3.63, 3.8) is 0 Å². The molecule has 1 saturated heterocycles. The van der Waals surface area contributed by atoms with Gasteiger partial charge in [0.05, 0.1) is 0 Å². The van der Waals surface area contributed by atoms with Crippen LogP contribution in [-0.2, 0) is 13.0 Å². The third-order valence-corrected chi connectivity index (χ3v) is 5.28. The van der Waals surface area contributed by atoms with E-state index in [9.17, 15) is 5.21 Å². The second kappa shape index (κ2) is 6.34. The van der Waals surface area contributed by atoms with E-state index in [2.05, 4.69) is 47.4 Å². The van der Waals surface area contributed by atoms with E-state index in [0.29, 0.717) is 11.6 Å². The SMILES string of the molecule is [O-][NH+]1Cc2c(cccc2N2CCCCC2)C1Cc1ccccc1. The minimum absolute atomic E-state index is 0.0390. The van der Waals surface area contributed by atoms with Gasteiger partial charge in [-0.2, -0.15) is 0 Å². The van der Waals surface area contributed by atoms with E-state index < -0.39 is 0 Å². The molecule has 0 amide bonds. The molecule has 1 fully saturated rings. The van der Waals surface area contributed by atoms with Crippen LogP contribution < -0.4 is 9.96 Å². The van der Waals surface area contributed by atoms with Crippen LogP contribution >= 0.6 is 0 Å². The summed E-state index contributed by atoms with van der Waals surface area (Å²) < 4.78 is 0. The Bertz CT molecular complexity index is 665. The summed E-state index contributed by atoms with van der Waals surface area (Å²) in [5.41, 5.74) is 5.12. The minimum Gasteiger partial charge on any atom is -0.634 e. The van der Waals surface area contributed by atoms with Gasteiger partial charge in [-0.05, 0) is 30.9 Å². The Hall–Kier alpha value is -1.84. The smallest absolute Gasteiger partial charge is 0.118 e. The maximum atomic E-state index is 12.7. The summed E-state index contributed by atoms with van der Waals surface area (Å²) in [7, 11) is 0. The number of hydrogen-bond donors (Lipinski definition) is 1. The predicted molar refractivity (Wildman–Crippen MR) is 93.4 cm³/mol. The fourth-order valence-corrected chi connectivity index (χ4v) is 4.09. The van der Waals surface area contributed by atoms with Gasteiger partial charge >= 0.3 is 0 Å². The summed E-state index contributed by atoms with van der Waals surface area (Å²) in [6.07, 6.45) is 4.70. The van der Waals surface area contributed by atoms with E-state index in [1.807, 2.05) is 6.07 Å². The average Bonchev–Trinajstić information content (AvgIpc) is 2.92. The molecule has 1 N–H and O–H groups in total. The average molecular weight is 308 g/mol. The maximum Gasteiger partial charge on any atom is 0.118 e. The molecule has 23 heavy (non-hydrogen) atoms. The quantitative estimate of drug-likeness (QED) is 0.884. The van der Waals surface area contributed by atoms with Gasteiger partial charge in [0, 0.05) is 36.3 Å². The Morgan fingerprint density at radius 1 is 0.957 bits per heavy atom. The number of anilines is 1. The molecule has 0 aliphatic carbocycles. The zero-order valence-electron chi connectivity index (χ0n) is 13.5. The molecule has 0 aromatic heterocycles. The van der Waals surface area contributed by atoms with Gasteiger partial charge in [-0.25, -0.2) is 0 Å². The summed E-state index contributed by atoms with van der Waals surface area (Å²) in [6, 6.07) is 16.9. The summed E-state index contributed by atoms with van der Waals surface area (Å²) in [6.45, 7) is 2.88. The normalized spacial score (nSPS) is 23.8. The highest BCUT2D eigenvalue weighted by Crippen LogP contribution is 2.33. The molecular weight excluding hydrogens is 284 g/mol. The number of nitrogens with zero attached hydrogens (tertiary/aromatic N) is 1. The zero-order valence-corrected chi connectivity index (χ0v) is 13.5. The molecule has 2 aromatic rings. The molecule has 2 atom stereocenters. The minimum atomic E-state index is 0.0390. The fourth-order valence-electron chi connectivity index (χ4n) is 4.09. The van der Waals surface area contributed by atoms with Crippen molar-refractivity contribution in [1.29, 1.82) is 0 Å². The summed E-state index contributed by atoms with van der Waals surface area (Å²) in [5.74, 6) is 0. The lowest BCUT2D eigenvalue weighted by Gasteiger charge is -2.30.